The molecular formula is C10H8IN5O3S. The summed E-state index contributed by atoms with van der Waals surface area (Å²) in [7, 11) is 0. The fourth-order valence-electron chi connectivity index (χ4n) is 1.45. The molecule has 2 aromatic rings. The van der Waals surface area contributed by atoms with Crippen molar-refractivity contribution in [2.24, 2.45) is 5.10 Å². The zero-order valence-electron chi connectivity index (χ0n) is 10.1. The fraction of sp³-hybridized carbons (Fsp3) is 0.100. The lowest BCUT2D eigenvalue weighted by Gasteiger charge is -2.01. The topological polar surface area (TPSA) is 109 Å². The van der Waals surface area contributed by atoms with Crippen molar-refractivity contribution < 1.29 is 10.0 Å². The molecule has 1 heterocycles. The summed E-state index contributed by atoms with van der Waals surface area (Å²) >= 11 is 6.80. The number of hydrogen-bond donors (Lipinski definition) is 2. The maximum Gasteiger partial charge on any atom is 0.312 e. The van der Waals surface area contributed by atoms with Gasteiger partial charge >= 0.3 is 5.69 Å². The van der Waals surface area contributed by atoms with Crippen LogP contribution in [0.3, 0.4) is 0 Å². The van der Waals surface area contributed by atoms with Crippen molar-refractivity contribution in [3.05, 3.63) is 42.0 Å². The van der Waals surface area contributed by atoms with E-state index in [1.165, 1.54) is 17.0 Å². The summed E-state index contributed by atoms with van der Waals surface area (Å²) in [5.74, 6) is 0.207. The van der Waals surface area contributed by atoms with E-state index in [2.05, 4.69) is 15.3 Å². The van der Waals surface area contributed by atoms with Gasteiger partial charge < -0.3 is 5.11 Å². The van der Waals surface area contributed by atoms with Crippen LogP contribution < -0.4 is 0 Å². The number of benzene rings is 1. The number of nitro groups is 1. The Morgan fingerprint density at radius 1 is 1.65 bits per heavy atom. The number of aromatic nitrogens is 3. The number of rotatable bonds is 3. The van der Waals surface area contributed by atoms with Crippen LogP contribution in [0.4, 0.5) is 5.69 Å². The third kappa shape index (κ3) is 2.85. The molecule has 0 saturated carbocycles. The van der Waals surface area contributed by atoms with E-state index in [-0.39, 0.29) is 11.4 Å². The molecule has 0 unspecified atom stereocenters. The summed E-state index contributed by atoms with van der Waals surface area (Å²) in [4.78, 5) is 10.2. The van der Waals surface area contributed by atoms with Crippen molar-refractivity contribution in [1.29, 1.82) is 0 Å². The first-order valence-electron chi connectivity index (χ1n) is 5.25. The molecule has 2 rings (SSSR count). The SMILES string of the molecule is Cc1n[nH]c(=S)n1/N=C\c1cc(I)c(O)c([N+](=O)[O-])c1. The van der Waals surface area contributed by atoms with Crippen LogP contribution in [0.1, 0.15) is 11.4 Å². The minimum atomic E-state index is -0.649. The molecule has 0 bridgehead atoms. The van der Waals surface area contributed by atoms with Gasteiger partial charge in [-0.1, -0.05) is 0 Å². The van der Waals surface area contributed by atoms with E-state index in [0.717, 1.165) is 0 Å². The molecule has 8 nitrogen and oxygen atoms in total. The van der Waals surface area contributed by atoms with Gasteiger partial charge in [0.1, 0.15) is 5.82 Å². The van der Waals surface area contributed by atoms with E-state index >= 15 is 0 Å². The number of aryl methyl sites for hydroxylation is 1. The number of nitrogens with zero attached hydrogens (tertiary/aromatic N) is 4. The summed E-state index contributed by atoms with van der Waals surface area (Å²) in [5, 5.41) is 31.0. The Labute approximate surface area is 131 Å². The molecule has 0 atom stereocenters. The van der Waals surface area contributed by atoms with E-state index in [1.807, 2.05) is 22.6 Å². The first-order chi connectivity index (χ1) is 9.40. The maximum absolute atomic E-state index is 10.8. The van der Waals surface area contributed by atoms with Gasteiger partial charge in [0.15, 0.2) is 0 Å². The molecule has 0 fully saturated rings. The van der Waals surface area contributed by atoms with E-state index in [1.54, 1.807) is 13.0 Å². The number of phenolic OH excluding ortho intramolecular Hbond substituents is 1. The number of H-pyrrole nitrogens is 1. The van der Waals surface area contributed by atoms with Crippen molar-refractivity contribution in [1.82, 2.24) is 14.9 Å². The highest BCUT2D eigenvalue weighted by atomic mass is 127. The van der Waals surface area contributed by atoms with Crippen LogP contribution in [-0.4, -0.2) is 31.1 Å². The first-order valence-corrected chi connectivity index (χ1v) is 6.74. The average molecular weight is 405 g/mol. The monoisotopic (exact) mass is 405 g/mol. The predicted octanol–water partition coefficient (Wildman–Crippen LogP) is 2.35. The number of aromatic hydroxyl groups is 1. The van der Waals surface area contributed by atoms with E-state index in [9.17, 15) is 15.2 Å². The largest absolute Gasteiger partial charge is 0.501 e. The minimum Gasteiger partial charge on any atom is -0.501 e. The normalized spacial score (nSPS) is 11.1. The van der Waals surface area contributed by atoms with Gasteiger partial charge in [-0.2, -0.15) is 14.9 Å². The van der Waals surface area contributed by atoms with Crippen molar-refractivity contribution >= 4 is 46.7 Å². The van der Waals surface area contributed by atoms with Crippen LogP contribution in [-0.2, 0) is 0 Å². The van der Waals surface area contributed by atoms with Crippen LogP contribution in [0.5, 0.6) is 5.75 Å². The minimum absolute atomic E-state index is 0.321. The Balaban J connectivity index is 2.45. The molecule has 0 aliphatic heterocycles. The van der Waals surface area contributed by atoms with Gasteiger partial charge in [-0.25, -0.2) is 0 Å². The Morgan fingerprint density at radius 2 is 2.35 bits per heavy atom. The third-order valence-electron chi connectivity index (χ3n) is 2.40. The number of nitro benzene ring substituents is 1. The van der Waals surface area contributed by atoms with Crippen molar-refractivity contribution in [3.63, 3.8) is 0 Å². The zero-order valence-corrected chi connectivity index (χ0v) is 13.0. The highest BCUT2D eigenvalue weighted by molar-refractivity contribution is 14.1. The molecule has 0 saturated heterocycles. The summed E-state index contributed by atoms with van der Waals surface area (Å²) in [6, 6.07) is 2.81. The van der Waals surface area contributed by atoms with Crippen molar-refractivity contribution in [3.8, 4) is 5.75 Å². The van der Waals surface area contributed by atoms with Crippen molar-refractivity contribution in [2.45, 2.75) is 6.92 Å². The number of hydrogen-bond acceptors (Lipinski definition) is 6. The second-order valence-corrected chi connectivity index (χ2v) is 5.31. The van der Waals surface area contributed by atoms with E-state index in [4.69, 9.17) is 12.2 Å². The molecule has 0 aliphatic carbocycles. The lowest BCUT2D eigenvalue weighted by molar-refractivity contribution is -0.386. The van der Waals surface area contributed by atoms with Gasteiger partial charge in [0, 0.05) is 11.6 Å². The molecule has 0 radical (unpaired) electrons. The Kier molecular flexibility index (Phi) is 4.13. The summed E-state index contributed by atoms with van der Waals surface area (Å²) in [5.41, 5.74) is 0.104. The van der Waals surface area contributed by atoms with E-state index < -0.39 is 4.92 Å². The molecule has 1 aromatic carbocycles. The van der Waals surface area contributed by atoms with Gasteiger partial charge in [0.25, 0.3) is 0 Å². The average Bonchev–Trinajstić information content (AvgIpc) is 2.70. The van der Waals surface area contributed by atoms with Gasteiger partial charge in [-0.15, -0.1) is 0 Å². The molecule has 10 heteroatoms. The van der Waals surface area contributed by atoms with Crippen LogP contribution in [0.25, 0.3) is 0 Å². The molecule has 104 valence electrons. The van der Waals surface area contributed by atoms with Crippen LogP contribution >= 0.6 is 34.8 Å². The molecule has 2 N–H and O–H groups in total. The highest BCUT2D eigenvalue weighted by Crippen LogP contribution is 2.31. The molecule has 0 spiro atoms. The van der Waals surface area contributed by atoms with Gasteiger partial charge in [-0.3, -0.25) is 15.2 Å². The maximum atomic E-state index is 10.8. The smallest absolute Gasteiger partial charge is 0.312 e. The molecular weight excluding hydrogens is 397 g/mol. The zero-order chi connectivity index (χ0) is 14.9. The third-order valence-corrected chi connectivity index (χ3v) is 3.48. The number of halogens is 1. The predicted molar refractivity (Wildman–Crippen MR) is 82.6 cm³/mol. The van der Waals surface area contributed by atoms with Crippen LogP contribution in [0.2, 0.25) is 0 Å². The second kappa shape index (κ2) is 5.66. The molecule has 0 amide bonds. The number of aromatic amines is 1. The lowest BCUT2D eigenvalue weighted by atomic mass is 10.2. The Morgan fingerprint density at radius 3 is 2.90 bits per heavy atom. The molecule has 0 aliphatic rings. The van der Waals surface area contributed by atoms with Crippen molar-refractivity contribution in [2.75, 3.05) is 0 Å². The van der Waals surface area contributed by atoms with E-state index in [0.29, 0.717) is 19.7 Å². The number of nitrogens with one attached hydrogen (secondary N) is 1. The standard InChI is InChI=1S/C10H8IN5O3S/c1-5-13-14-10(20)15(5)12-4-6-2-7(11)9(17)8(3-6)16(18)19/h2-4,17H,1H3,(H,14,20)/b12-4-. The molecule has 1 aromatic heterocycles. The summed E-state index contributed by atoms with van der Waals surface area (Å²) < 4.78 is 2.08. The van der Waals surface area contributed by atoms with Crippen LogP contribution in [0.15, 0.2) is 17.2 Å². The van der Waals surface area contributed by atoms with Gasteiger partial charge in [-0.05, 0) is 47.8 Å². The summed E-state index contributed by atoms with van der Waals surface area (Å²) in [6.45, 7) is 1.71. The summed E-state index contributed by atoms with van der Waals surface area (Å²) in [6.07, 6.45) is 1.41. The van der Waals surface area contributed by atoms with Crippen LogP contribution in [0, 0.1) is 25.4 Å². The van der Waals surface area contributed by atoms with Gasteiger partial charge in [0.05, 0.1) is 14.7 Å². The first kappa shape index (κ1) is 14.6. The van der Waals surface area contributed by atoms with Gasteiger partial charge in [0.2, 0.25) is 10.5 Å². The fourth-order valence-corrected chi connectivity index (χ4v) is 2.31. The quantitative estimate of drug-likeness (QED) is 0.268. The lowest BCUT2D eigenvalue weighted by Crippen LogP contribution is -1.96. The Hall–Kier alpha value is -1.82. The second-order valence-electron chi connectivity index (χ2n) is 3.76. The molecule has 20 heavy (non-hydrogen) atoms. The highest BCUT2D eigenvalue weighted by Gasteiger charge is 2.17. The number of phenols is 1. The Bertz CT molecular complexity index is 767.